The molecule has 0 saturated heterocycles. The molecule has 0 aliphatic heterocycles. The van der Waals surface area contributed by atoms with E-state index in [0.717, 1.165) is 38.2 Å². The second-order valence-corrected chi connectivity index (χ2v) is 3.25. The van der Waals surface area contributed by atoms with Gasteiger partial charge in [-0.15, -0.1) is 0 Å². The number of halogens is 1. The minimum atomic E-state index is 0.443. The molecule has 0 bridgehead atoms. The summed E-state index contributed by atoms with van der Waals surface area (Å²) in [6.45, 7) is 2.46. The normalized spacial score (nSPS) is 10.6. The summed E-state index contributed by atoms with van der Waals surface area (Å²) in [7, 11) is 0. The van der Waals surface area contributed by atoms with Crippen molar-refractivity contribution in [2.75, 3.05) is 13.1 Å². The molecule has 0 spiro atoms. The summed E-state index contributed by atoms with van der Waals surface area (Å²) < 4.78 is 5.17. The first-order valence-corrected chi connectivity index (χ1v) is 4.85. The summed E-state index contributed by atoms with van der Waals surface area (Å²) in [6.07, 6.45) is 2.16. The standard InChI is InChI=1S/C9H15ClN2O/c10-9-4-3-8(13-9)7-12-6-2-1-5-11/h3-4,12H,1-2,5-7,11H2. The van der Waals surface area contributed by atoms with Crippen LogP contribution in [0.15, 0.2) is 16.5 Å². The number of furan rings is 1. The summed E-state index contributed by atoms with van der Waals surface area (Å²) >= 11 is 5.61. The van der Waals surface area contributed by atoms with E-state index in [0.29, 0.717) is 5.22 Å². The van der Waals surface area contributed by atoms with Gasteiger partial charge in [0.2, 0.25) is 0 Å². The van der Waals surface area contributed by atoms with Crippen LogP contribution >= 0.6 is 11.6 Å². The van der Waals surface area contributed by atoms with Gasteiger partial charge in [0, 0.05) is 0 Å². The van der Waals surface area contributed by atoms with E-state index in [9.17, 15) is 0 Å². The van der Waals surface area contributed by atoms with Crippen LogP contribution < -0.4 is 11.1 Å². The van der Waals surface area contributed by atoms with Gasteiger partial charge in [0.15, 0.2) is 5.22 Å². The number of unbranched alkanes of at least 4 members (excludes halogenated alkanes) is 1. The lowest BCUT2D eigenvalue weighted by Crippen LogP contribution is -2.15. The second-order valence-electron chi connectivity index (χ2n) is 2.88. The highest BCUT2D eigenvalue weighted by Gasteiger charge is 1.97. The predicted molar refractivity (Wildman–Crippen MR) is 53.7 cm³/mol. The lowest BCUT2D eigenvalue weighted by molar-refractivity contribution is 0.481. The smallest absolute Gasteiger partial charge is 0.193 e. The average molecular weight is 203 g/mol. The first-order chi connectivity index (χ1) is 6.33. The Morgan fingerprint density at radius 2 is 2.23 bits per heavy atom. The zero-order valence-corrected chi connectivity index (χ0v) is 8.31. The van der Waals surface area contributed by atoms with E-state index >= 15 is 0 Å². The van der Waals surface area contributed by atoms with Crippen LogP contribution in [0.25, 0.3) is 0 Å². The first kappa shape index (κ1) is 10.6. The summed E-state index contributed by atoms with van der Waals surface area (Å²) in [4.78, 5) is 0. The number of rotatable bonds is 6. The topological polar surface area (TPSA) is 51.2 Å². The molecular formula is C9H15ClN2O. The van der Waals surface area contributed by atoms with Gasteiger partial charge in [-0.2, -0.15) is 0 Å². The van der Waals surface area contributed by atoms with Crippen LogP contribution in [0.3, 0.4) is 0 Å². The third-order valence-corrected chi connectivity index (χ3v) is 1.94. The fraction of sp³-hybridized carbons (Fsp3) is 0.556. The summed E-state index contributed by atoms with van der Waals surface area (Å²) in [5.41, 5.74) is 5.36. The molecule has 1 heterocycles. The summed E-state index contributed by atoms with van der Waals surface area (Å²) in [5.74, 6) is 0.873. The Morgan fingerprint density at radius 3 is 2.85 bits per heavy atom. The van der Waals surface area contributed by atoms with Gasteiger partial charge in [0.1, 0.15) is 5.76 Å². The van der Waals surface area contributed by atoms with Crippen LogP contribution in [0, 0.1) is 0 Å². The molecule has 0 fully saturated rings. The maximum atomic E-state index is 5.61. The van der Waals surface area contributed by atoms with Crippen molar-refractivity contribution < 1.29 is 4.42 Å². The molecule has 4 heteroatoms. The number of nitrogens with two attached hydrogens (primary N) is 1. The van der Waals surface area contributed by atoms with Gasteiger partial charge in [0.25, 0.3) is 0 Å². The van der Waals surface area contributed by atoms with Crippen molar-refractivity contribution in [2.45, 2.75) is 19.4 Å². The number of hydrogen-bond acceptors (Lipinski definition) is 3. The fourth-order valence-electron chi connectivity index (χ4n) is 1.05. The van der Waals surface area contributed by atoms with Crippen molar-refractivity contribution in [1.29, 1.82) is 0 Å². The highest BCUT2D eigenvalue weighted by atomic mass is 35.5. The molecule has 74 valence electrons. The van der Waals surface area contributed by atoms with Crippen LogP contribution in [0.4, 0.5) is 0 Å². The van der Waals surface area contributed by atoms with Crippen LogP contribution in [0.5, 0.6) is 0 Å². The van der Waals surface area contributed by atoms with Crippen molar-refractivity contribution in [2.24, 2.45) is 5.73 Å². The molecule has 3 nitrogen and oxygen atoms in total. The molecule has 13 heavy (non-hydrogen) atoms. The van der Waals surface area contributed by atoms with E-state index in [4.69, 9.17) is 21.8 Å². The van der Waals surface area contributed by atoms with Crippen molar-refractivity contribution in [3.05, 3.63) is 23.1 Å². The molecule has 0 saturated carbocycles. The summed E-state index contributed by atoms with van der Waals surface area (Å²) in [5, 5.41) is 3.69. The maximum absolute atomic E-state index is 5.61. The molecule has 0 aliphatic rings. The monoisotopic (exact) mass is 202 g/mol. The quantitative estimate of drug-likeness (QED) is 0.692. The Kier molecular flexibility index (Phi) is 4.90. The van der Waals surface area contributed by atoms with E-state index < -0.39 is 0 Å². The Hall–Kier alpha value is -0.510. The average Bonchev–Trinajstić information content (AvgIpc) is 2.51. The van der Waals surface area contributed by atoms with Crippen LogP contribution in [-0.2, 0) is 6.54 Å². The Labute approximate surface area is 83.2 Å². The van der Waals surface area contributed by atoms with Gasteiger partial charge >= 0.3 is 0 Å². The summed E-state index contributed by atoms with van der Waals surface area (Å²) in [6, 6.07) is 3.62. The van der Waals surface area contributed by atoms with Gasteiger partial charge in [0.05, 0.1) is 6.54 Å². The molecule has 0 atom stereocenters. The van der Waals surface area contributed by atoms with E-state index in [1.807, 2.05) is 6.07 Å². The minimum Gasteiger partial charge on any atom is -0.448 e. The van der Waals surface area contributed by atoms with Gasteiger partial charge < -0.3 is 15.5 Å². The third kappa shape index (κ3) is 4.31. The minimum absolute atomic E-state index is 0.443. The van der Waals surface area contributed by atoms with Gasteiger partial charge in [-0.1, -0.05) is 0 Å². The highest BCUT2D eigenvalue weighted by Crippen LogP contribution is 2.12. The molecule has 0 radical (unpaired) electrons. The van der Waals surface area contributed by atoms with Crippen molar-refractivity contribution in [1.82, 2.24) is 5.32 Å². The lowest BCUT2D eigenvalue weighted by atomic mass is 10.3. The largest absolute Gasteiger partial charge is 0.448 e. The van der Waals surface area contributed by atoms with Crippen molar-refractivity contribution >= 4 is 11.6 Å². The maximum Gasteiger partial charge on any atom is 0.193 e. The number of nitrogens with one attached hydrogen (secondary N) is 1. The molecule has 1 rings (SSSR count). The Balaban J connectivity index is 2.06. The molecule has 3 N–H and O–H groups in total. The SMILES string of the molecule is NCCCCNCc1ccc(Cl)o1. The van der Waals surface area contributed by atoms with Crippen molar-refractivity contribution in [3.8, 4) is 0 Å². The van der Waals surface area contributed by atoms with Crippen LogP contribution in [0.1, 0.15) is 18.6 Å². The lowest BCUT2D eigenvalue weighted by Gasteiger charge is -2.00. The van der Waals surface area contributed by atoms with E-state index in [1.54, 1.807) is 6.07 Å². The zero-order chi connectivity index (χ0) is 9.52. The first-order valence-electron chi connectivity index (χ1n) is 4.48. The van der Waals surface area contributed by atoms with Crippen LogP contribution in [0.2, 0.25) is 5.22 Å². The molecule has 0 aromatic carbocycles. The third-order valence-electron chi connectivity index (χ3n) is 1.74. The molecule has 1 aromatic rings. The van der Waals surface area contributed by atoms with Gasteiger partial charge in [-0.3, -0.25) is 0 Å². The van der Waals surface area contributed by atoms with Crippen molar-refractivity contribution in [3.63, 3.8) is 0 Å². The Morgan fingerprint density at radius 1 is 1.38 bits per heavy atom. The molecule has 1 aromatic heterocycles. The van der Waals surface area contributed by atoms with E-state index in [2.05, 4.69) is 5.32 Å². The molecular weight excluding hydrogens is 188 g/mol. The predicted octanol–water partition coefficient (Wildman–Crippen LogP) is 1.76. The van der Waals surface area contributed by atoms with Gasteiger partial charge in [-0.05, 0) is 49.7 Å². The molecule has 0 amide bonds. The van der Waals surface area contributed by atoms with E-state index in [1.165, 1.54) is 0 Å². The number of hydrogen-bond donors (Lipinski definition) is 2. The van der Waals surface area contributed by atoms with Gasteiger partial charge in [-0.25, -0.2) is 0 Å². The second kappa shape index (κ2) is 6.02. The highest BCUT2D eigenvalue weighted by molar-refractivity contribution is 6.28. The fourth-order valence-corrected chi connectivity index (χ4v) is 1.21. The zero-order valence-electron chi connectivity index (χ0n) is 7.55. The Bertz CT molecular complexity index is 237. The van der Waals surface area contributed by atoms with Crippen LogP contribution in [-0.4, -0.2) is 13.1 Å². The molecule has 0 aliphatic carbocycles. The molecule has 0 unspecified atom stereocenters. The van der Waals surface area contributed by atoms with E-state index in [-0.39, 0.29) is 0 Å².